The van der Waals surface area contributed by atoms with Gasteiger partial charge in [-0.2, -0.15) is 0 Å². The molecule has 7 heteroatoms. The summed E-state index contributed by atoms with van der Waals surface area (Å²) in [7, 11) is -6.10. The molecule has 0 atom stereocenters. The van der Waals surface area contributed by atoms with Gasteiger partial charge < -0.3 is 17.3 Å². The van der Waals surface area contributed by atoms with Gasteiger partial charge in [0.1, 0.15) is 0 Å². The quantitative estimate of drug-likeness (QED) is 0.252. The monoisotopic (exact) mass is 417 g/mol. The van der Waals surface area contributed by atoms with Gasteiger partial charge in [0.05, 0.1) is 0 Å². The second-order valence-electron chi connectivity index (χ2n) is 7.28. The van der Waals surface area contributed by atoms with E-state index in [1.54, 1.807) is 5.66 Å². The molecule has 2 aliphatic rings. The average Bonchev–Trinajstić information content (AvgIpc) is 2.97. The maximum absolute atomic E-state index is 9.75. The number of hydrogen-bond acceptors (Lipinski definition) is 0. The van der Waals surface area contributed by atoms with Gasteiger partial charge in [-0.1, -0.05) is 49.5 Å². The third kappa shape index (κ3) is 15.5. The summed E-state index contributed by atoms with van der Waals surface area (Å²) in [4.78, 5) is 0. The Balaban J connectivity index is 0. The number of hydrogen-bond donors (Lipinski definition) is 0. The van der Waals surface area contributed by atoms with Gasteiger partial charge in [0.15, 0.2) is 0 Å². The van der Waals surface area contributed by atoms with Crippen LogP contribution in [0.25, 0.3) is 0 Å². The third-order valence-corrected chi connectivity index (χ3v) is 6.30. The zero-order valence-corrected chi connectivity index (χ0v) is 17.6. The van der Waals surface area contributed by atoms with E-state index >= 15 is 0 Å². The van der Waals surface area contributed by atoms with Gasteiger partial charge in [0, 0.05) is 22.7 Å². The van der Waals surface area contributed by atoms with Crippen LogP contribution in [0.1, 0.15) is 41.5 Å². The van der Waals surface area contributed by atoms with E-state index in [4.69, 9.17) is 0 Å². The van der Waals surface area contributed by atoms with Gasteiger partial charge in [-0.05, 0) is 68.1 Å². The van der Waals surface area contributed by atoms with Crippen molar-refractivity contribution >= 4 is 15.2 Å². The average molecular weight is 417 g/mol. The molecule has 0 aliphatic heterocycles. The van der Waals surface area contributed by atoms with E-state index in [2.05, 4.69) is 67.2 Å². The molecule has 2 aliphatic carbocycles. The molecule has 0 N–H and O–H groups in total. The molecule has 25 heavy (non-hydrogen) atoms. The first-order chi connectivity index (χ1) is 10.7. The van der Waals surface area contributed by atoms with Gasteiger partial charge in [0.2, 0.25) is 0 Å². The van der Waals surface area contributed by atoms with E-state index in [0.717, 1.165) is 0 Å². The molecule has 2 fully saturated rings. The zero-order valence-electron chi connectivity index (χ0n) is 15.6. The summed E-state index contributed by atoms with van der Waals surface area (Å²) < 4.78 is 39.0. The van der Waals surface area contributed by atoms with Crippen molar-refractivity contribution in [1.82, 2.24) is 0 Å². The fourth-order valence-corrected chi connectivity index (χ4v) is 6.65. The van der Waals surface area contributed by atoms with Crippen molar-refractivity contribution < 1.29 is 34.3 Å². The van der Waals surface area contributed by atoms with Crippen LogP contribution in [0.15, 0.2) is 0 Å². The van der Waals surface area contributed by atoms with Crippen LogP contribution in [0.4, 0.5) is 17.3 Å². The molecule has 0 bridgehead atoms. The minimum atomic E-state index is -6.00. The first-order valence-corrected chi connectivity index (χ1v) is 9.13. The summed E-state index contributed by atoms with van der Waals surface area (Å²) >= 11 is 0. The van der Waals surface area contributed by atoms with Crippen molar-refractivity contribution in [2.45, 2.75) is 51.9 Å². The second-order valence-corrected chi connectivity index (χ2v) is 11.1. The molecule has 0 heterocycles. The van der Waals surface area contributed by atoms with Gasteiger partial charge in [-0.25, -0.2) is 0 Å². The van der Waals surface area contributed by atoms with E-state index in [9.17, 15) is 17.3 Å². The molecular formula is C18H27BF4FeP-. The van der Waals surface area contributed by atoms with Crippen molar-refractivity contribution in [1.29, 1.82) is 0 Å². The molecule has 0 saturated heterocycles. The van der Waals surface area contributed by atoms with E-state index in [1.807, 2.05) is 32.1 Å². The molecule has 0 amide bonds. The largest absolute Gasteiger partial charge is 0.673 e. The van der Waals surface area contributed by atoms with Gasteiger partial charge in [0.25, 0.3) is 0 Å². The van der Waals surface area contributed by atoms with Crippen molar-refractivity contribution in [3.05, 3.63) is 63.4 Å². The second kappa shape index (κ2) is 12.2. The van der Waals surface area contributed by atoms with Crippen LogP contribution in [0.3, 0.4) is 0 Å². The SMILES string of the molecule is CC(C)(C)P([C]1[CH][CH][CH][CH]1)C(C)(C)C.F[B-](F)(F)F.[CH]1[CH][CH][CH][CH]1.[Fe]. The third-order valence-electron chi connectivity index (χ3n) is 2.80. The zero-order chi connectivity index (χ0) is 19.0. The summed E-state index contributed by atoms with van der Waals surface area (Å²) in [5, 5.41) is 0.782. The fourth-order valence-electron chi connectivity index (χ4n) is 2.61. The van der Waals surface area contributed by atoms with E-state index in [1.165, 1.54) is 0 Å². The Morgan fingerprint density at radius 3 is 1.08 bits per heavy atom. The minimum Gasteiger partial charge on any atom is -0.418 e. The Bertz CT molecular complexity index is 300. The molecule has 10 radical (unpaired) electrons. The Hall–Kier alpha value is 0.734. The van der Waals surface area contributed by atoms with Crippen molar-refractivity contribution in [3.8, 4) is 0 Å². The molecule has 0 nitrogen and oxygen atoms in total. The predicted molar refractivity (Wildman–Crippen MR) is 98.6 cm³/mol. The maximum Gasteiger partial charge on any atom is 0.673 e. The predicted octanol–water partition coefficient (Wildman–Crippen LogP) is 6.75. The molecule has 144 valence electrons. The standard InChI is InChI=1S/C13H22P.C5H5.BF4.Fe/c1-12(2,3)14(13(4,5)6)11-9-7-8-10-11;1-2-4-5-3-1;2-1(3,4)5;/h7-10H,1-6H3;1-5H;;/q;;-1;. The number of rotatable bonds is 1. The summed E-state index contributed by atoms with van der Waals surface area (Å²) in [6.07, 6.45) is 18.9. The Morgan fingerprint density at radius 1 is 0.640 bits per heavy atom. The summed E-state index contributed by atoms with van der Waals surface area (Å²) in [6, 6.07) is 0. The van der Waals surface area contributed by atoms with Crippen molar-refractivity contribution in [3.63, 3.8) is 0 Å². The van der Waals surface area contributed by atoms with Crippen molar-refractivity contribution in [2.75, 3.05) is 0 Å². The molecule has 2 rings (SSSR count). The van der Waals surface area contributed by atoms with Crippen LogP contribution in [-0.2, 0) is 17.1 Å². The van der Waals surface area contributed by atoms with Gasteiger partial charge in [-0.15, -0.1) is 0 Å². The maximum atomic E-state index is 9.75. The summed E-state index contributed by atoms with van der Waals surface area (Å²) in [6.45, 7) is 14.1. The Morgan fingerprint density at radius 2 is 0.880 bits per heavy atom. The molecule has 2 saturated carbocycles. The summed E-state index contributed by atoms with van der Waals surface area (Å²) in [5.41, 5.74) is 1.54. The van der Waals surface area contributed by atoms with Gasteiger partial charge in [-0.3, -0.25) is 0 Å². The van der Waals surface area contributed by atoms with Crippen LogP contribution in [0.2, 0.25) is 0 Å². The first-order valence-electron chi connectivity index (χ1n) is 7.79. The Kier molecular flexibility index (Phi) is 13.7. The summed E-state index contributed by atoms with van der Waals surface area (Å²) in [5.74, 6) is 0. The van der Waals surface area contributed by atoms with Crippen LogP contribution in [-0.4, -0.2) is 17.6 Å². The molecular weight excluding hydrogens is 390 g/mol. The molecule has 0 aromatic carbocycles. The minimum absolute atomic E-state index is 0. The number of halogens is 4. The topological polar surface area (TPSA) is 0 Å². The van der Waals surface area contributed by atoms with E-state index in [0.29, 0.717) is 10.3 Å². The van der Waals surface area contributed by atoms with Crippen LogP contribution >= 0.6 is 7.92 Å². The first kappa shape index (κ1) is 27.9. The van der Waals surface area contributed by atoms with E-state index in [-0.39, 0.29) is 25.0 Å². The van der Waals surface area contributed by atoms with Crippen molar-refractivity contribution in [2.24, 2.45) is 0 Å². The fraction of sp³-hybridized carbons (Fsp3) is 0.444. The molecule has 0 spiro atoms. The normalized spacial score (nSPS) is 18.8. The Labute approximate surface area is 165 Å². The smallest absolute Gasteiger partial charge is 0.418 e. The van der Waals surface area contributed by atoms with Crippen LogP contribution < -0.4 is 0 Å². The van der Waals surface area contributed by atoms with Gasteiger partial charge >= 0.3 is 7.25 Å². The molecule has 0 aromatic rings. The van der Waals surface area contributed by atoms with Crippen LogP contribution in [0.5, 0.6) is 0 Å². The molecule has 0 aromatic heterocycles. The van der Waals surface area contributed by atoms with Crippen LogP contribution in [0, 0.1) is 63.4 Å². The van der Waals surface area contributed by atoms with E-state index < -0.39 is 7.25 Å². The molecule has 0 unspecified atom stereocenters.